The average Bonchev–Trinajstić information content (AvgIpc) is 2.94. The lowest BCUT2D eigenvalue weighted by molar-refractivity contribution is 0.0950. The Morgan fingerprint density at radius 3 is 2.78 bits per heavy atom. The van der Waals surface area contributed by atoms with Crippen LogP contribution in [0.3, 0.4) is 0 Å². The van der Waals surface area contributed by atoms with Gasteiger partial charge in [-0.25, -0.2) is 4.98 Å². The zero-order valence-corrected chi connectivity index (χ0v) is 10.6. The molecule has 98 valence electrons. The minimum absolute atomic E-state index is 0.408. The number of carbonyl (C=O) groups is 1. The molecule has 1 aliphatic heterocycles. The van der Waals surface area contributed by atoms with Gasteiger partial charge in [0, 0.05) is 25.0 Å². The lowest BCUT2D eigenvalue weighted by atomic mass is 9.79. The van der Waals surface area contributed by atoms with Gasteiger partial charge in [-0.1, -0.05) is 0 Å². The van der Waals surface area contributed by atoms with Crippen LogP contribution in [0.5, 0.6) is 0 Å². The van der Waals surface area contributed by atoms with E-state index in [2.05, 4.69) is 9.88 Å². The van der Waals surface area contributed by atoms with Crippen molar-refractivity contribution >= 4 is 5.91 Å². The monoisotopic (exact) mass is 248 g/mol. The summed E-state index contributed by atoms with van der Waals surface area (Å²) in [5.74, 6) is 0.633. The van der Waals surface area contributed by atoms with Crippen LogP contribution in [-0.2, 0) is 0 Å². The van der Waals surface area contributed by atoms with E-state index in [4.69, 9.17) is 5.73 Å². The van der Waals surface area contributed by atoms with Crippen LogP contribution in [0, 0.1) is 5.92 Å². The molecule has 1 saturated heterocycles. The molecule has 3 rings (SSSR count). The number of hydrogen-bond donors (Lipinski definition) is 1. The first-order valence-electron chi connectivity index (χ1n) is 6.80. The van der Waals surface area contributed by atoms with Crippen LogP contribution in [0.15, 0.2) is 12.4 Å². The van der Waals surface area contributed by atoms with Gasteiger partial charge >= 0.3 is 0 Å². The van der Waals surface area contributed by atoms with Crippen LogP contribution in [0.1, 0.15) is 42.3 Å². The SMILES string of the molecule is NC(=O)c1nccn1C1CCC1CN1CCCC1. The second kappa shape index (κ2) is 4.72. The fourth-order valence-corrected chi connectivity index (χ4v) is 3.20. The molecule has 5 heteroatoms. The molecular formula is C13H20N4O. The number of rotatable bonds is 4. The first kappa shape index (κ1) is 11.7. The molecule has 1 aromatic heterocycles. The van der Waals surface area contributed by atoms with Crippen LogP contribution in [-0.4, -0.2) is 40.0 Å². The Morgan fingerprint density at radius 2 is 2.17 bits per heavy atom. The van der Waals surface area contributed by atoms with Gasteiger partial charge in [0.05, 0.1) is 0 Å². The number of nitrogens with two attached hydrogens (primary N) is 1. The van der Waals surface area contributed by atoms with E-state index in [0.29, 0.717) is 17.8 Å². The number of aromatic nitrogens is 2. The van der Waals surface area contributed by atoms with E-state index in [1.807, 2.05) is 10.8 Å². The lowest BCUT2D eigenvalue weighted by Gasteiger charge is -2.40. The van der Waals surface area contributed by atoms with E-state index in [-0.39, 0.29) is 0 Å². The maximum absolute atomic E-state index is 11.3. The van der Waals surface area contributed by atoms with Gasteiger partial charge in [-0.3, -0.25) is 4.79 Å². The molecule has 2 unspecified atom stereocenters. The zero-order chi connectivity index (χ0) is 12.5. The summed E-state index contributed by atoms with van der Waals surface area (Å²) >= 11 is 0. The highest BCUT2D eigenvalue weighted by Gasteiger charge is 2.35. The second-order valence-electron chi connectivity index (χ2n) is 5.43. The standard InChI is InChI=1S/C13H20N4O/c14-12(18)13-15-5-8-17(13)11-4-3-10(11)9-16-6-1-2-7-16/h5,8,10-11H,1-4,6-7,9H2,(H2,14,18). The van der Waals surface area contributed by atoms with Gasteiger partial charge in [0.2, 0.25) is 0 Å². The highest BCUT2D eigenvalue weighted by atomic mass is 16.1. The zero-order valence-electron chi connectivity index (χ0n) is 10.6. The van der Waals surface area contributed by atoms with Gasteiger partial charge in [-0.15, -0.1) is 0 Å². The van der Waals surface area contributed by atoms with Crippen molar-refractivity contribution in [1.29, 1.82) is 0 Å². The molecule has 1 saturated carbocycles. The first-order chi connectivity index (χ1) is 8.75. The number of imidazole rings is 1. The molecule has 0 spiro atoms. The topological polar surface area (TPSA) is 64.2 Å². The smallest absolute Gasteiger partial charge is 0.284 e. The molecule has 2 atom stereocenters. The third kappa shape index (κ3) is 2.03. The molecule has 2 N–H and O–H groups in total. The molecule has 2 heterocycles. The number of amides is 1. The summed E-state index contributed by atoms with van der Waals surface area (Å²) in [4.78, 5) is 17.9. The van der Waals surface area contributed by atoms with Crippen molar-refractivity contribution in [2.45, 2.75) is 31.7 Å². The van der Waals surface area contributed by atoms with Gasteiger partial charge in [0.1, 0.15) is 0 Å². The highest BCUT2D eigenvalue weighted by Crippen LogP contribution is 2.40. The van der Waals surface area contributed by atoms with E-state index in [1.54, 1.807) is 6.20 Å². The molecule has 5 nitrogen and oxygen atoms in total. The van der Waals surface area contributed by atoms with Crippen molar-refractivity contribution in [3.05, 3.63) is 18.2 Å². The van der Waals surface area contributed by atoms with Gasteiger partial charge < -0.3 is 15.2 Å². The summed E-state index contributed by atoms with van der Waals surface area (Å²) in [5.41, 5.74) is 5.35. The molecule has 0 aromatic carbocycles. The molecule has 1 aliphatic carbocycles. The second-order valence-corrected chi connectivity index (χ2v) is 5.43. The molecule has 0 radical (unpaired) electrons. The quantitative estimate of drug-likeness (QED) is 0.865. The Balaban J connectivity index is 1.68. The third-order valence-corrected chi connectivity index (χ3v) is 4.32. The van der Waals surface area contributed by atoms with Gasteiger partial charge in [0.25, 0.3) is 5.91 Å². The number of hydrogen-bond acceptors (Lipinski definition) is 3. The van der Waals surface area contributed by atoms with E-state index < -0.39 is 5.91 Å². The van der Waals surface area contributed by atoms with E-state index in [9.17, 15) is 4.79 Å². The minimum atomic E-state index is -0.424. The molecule has 1 aromatic rings. The maximum Gasteiger partial charge on any atom is 0.284 e. The normalized spacial score (nSPS) is 28.2. The van der Waals surface area contributed by atoms with Crippen LogP contribution in [0.2, 0.25) is 0 Å². The van der Waals surface area contributed by atoms with Gasteiger partial charge in [-0.05, 0) is 44.7 Å². The third-order valence-electron chi connectivity index (χ3n) is 4.32. The summed E-state index contributed by atoms with van der Waals surface area (Å²) in [6, 6.07) is 0.413. The van der Waals surface area contributed by atoms with Crippen molar-refractivity contribution in [2.24, 2.45) is 11.7 Å². The minimum Gasteiger partial charge on any atom is -0.363 e. The predicted octanol–water partition coefficient (Wildman–Crippen LogP) is 1.03. The van der Waals surface area contributed by atoms with Crippen LogP contribution in [0.25, 0.3) is 0 Å². The Kier molecular flexibility index (Phi) is 3.07. The summed E-state index contributed by atoms with van der Waals surface area (Å²) in [6.45, 7) is 3.62. The molecule has 0 bridgehead atoms. The predicted molar refractivity (Wildman–Crippen MR) is 68.2 cm³/mol. The molecule has 2 aliphatic rings. The Morgan fingerprint density at radius 1 is 1.39 bits per heavy atom. The Hall–Kier alpha value is -1.36. The maximum atomic E-state index is 11.3. The van der Waals surface area contributed by atoms with E-state index in [0.717, 1.165) is 13.0 Å². The molecule has 18 heavy (non-hydrogen) atoms. The van der Waals surface area contributed by atoms with Gasteiger partial charge in [0.15, 0.2) is 5.82 Å². The number of likely N-dealkylation sites (tertiary alicyclic amines) is 1. The highest BCUT2D eigenvalue weighted by molar-refractivity contribution is 5.89. The van der Waals surface area contributed by atoms with Crippen LogP contribution >= 0.6 is 0 Å². The summed E-state index contributed by atoms with van der Waals surface area (Å²) in [6.07, 6.45) is 8.60. The average molecular weight is 248 g/mol. The van der Waals surface area contributed by atoms with E-state index >= 15 is 0 Å². The largest absolute Gasteiger partial charge is 0.363 e. The van der Waals surface area contributed by atoms with Crippen molar-refractivity contribution < 1.29 is 4.79 Å². The molecule has 1 amide bonds. The fraction of sp³-hybridized carbons (Fsp3) is 0.692. The lowest BCUT2D eigenvalue weighted by Crippen LogP contribution is -2.39. The van der Waals surface area contributed by atoms with E-state index in [1.165, 1.54) is 32.4 Å². The Labute approximate surface area is 107 Å². The van der Waals surface area contributed by atoms with Crippen molar-refractivity contribution in [3.8, 4) is 0 Å². The number of primary amides is 1. The summed E-state index contributed by atoms with van der Waals surface area (Å²) in [5, 5.41) is 0. The van der Waals surface area contributed by atoms with Gasteiger partial charge in [-0.2, -0.15) is 0 Å². The molecular weight excluding hydrogens is 228 g/mol. The molecule has 2 fully saturated rings. The van der Waals surface area contributed by atoms with Crippen molar-refractivity contribution in [2.75, 3.05) is 19.6 Å². The summed E-state index contributed by atoms with van der Waals surface area (Å²) < 4.78 is 1.98. The van der Waals surface area contributed by atoms with Crippen molar-refractivity contribution in [3.63, 3.8) is 0 Å². The number of carbonyl (C=O) groups excluding carboxylic acids is 1. The number of nitrogens with zero attached hydrogens (tertiary/aromatic N) is 3. The Bertz CT molecular complexity index is 436. The fourth-order valence-electron chi connectivity index (χ4n) is 3.20. The van der Waals surface area contributed by atoms with Crippen LogP contribution < -0.4 is 5.73 Å². The van der Waals surface area contributed by atoms with Crippen molar-refractivity contribution in [1.82, 2.24) is 14.5 Å². The summed E-state index contributed by atoms with van der Waals surface area (Å²) in [7, 11) is 0. The first-order valence-corrected chi connectivity index (χ1v) is 6.80. The van der Waals surface area contributed by atoms with Crippen LogP contribution in [0.4, 0.5) is 0 Å².